The molecular weight excluding hydrogens is 266 g/mol. The second-order valence-electron chi connectivity index (χ2n) is 5.98. The Morgan fingerprint density at radius 3 is 2.52 bits per heavy atom. The lowest BCUT2D eigenvalue weighted by atomic mass is 9.86. The van der Waals surface area contributed by atoms with Crippen LogP contribution >= 0.6 is 0 Å². The molecule has 4 heteroatoms. The van der Waals surface area contributed by atoms with Crippen LogP contribution in [0.3, 0.4) is 0 Å². The van der Waals surface area contributed by atoms with Gasteiger partial charge in [0.2, 0.25) is 0 Å². The van der Waals surface area contributed by atoms with Crippen LogP contribution in [0.1, 0.15) is 44.6 Å². The first-order valence-corrected chi connectivity index (χ1v) is 7.67. The van der Waals surface area contributed by atoms with E-state index in [1.807, 2.05) is 31.2 Å². The van der Waals surface area contributed by atoms with Crippen molar-refractivity contribution in [3.63, 3.8) is 0 Å². The SMILES string of the molecule is COc1cccc(C(C)(CC(=O)O)N2CCCCCC2)c1. The largest absolute Gasteiger partial charge is 0.497 e. The van der Waals surface area contributed by atoms with Crippen molar-refractivity contribution in [3.05, 3.63) is 29.8 Å². The van der Waals surface area contributed by atoms with Crippen molar-refractivity contribution in [2.24, 2.45) is 0 Å². The fraction of sp³-hybridized carbons (Fsp3) is 0.588. The van der Waals surface area contributed by atoms with Crippen molar-refractivity contribution in [1.29, 1.82) is 0 Å². The zero-order valence-electron chi connectivity index (χ0n) is 13.0. The molecular formula is C17H25NO3. The highest BCUT2D eigenvalue weighted by Crippen LogP contribution is 2.35. The number of carboxylic acids is 1. The van der Waals surface area contributed by atoms with Gasteiger partial charge in [-0.05, 0) is 50.6 Å². The fourth-order valence-electron chi connectivity index (χ4n) is 3.21. The highest BCUT2D eigenvalue weighted by atomic mass is 16.5. The van der Waals surface area contributed by atoms with Crippen molar-refractivity contribution in [3.8, 4) is 5.75 Å². The van der Waals surface area contributed by atoms with Gasteiger partial charge in [-0.2, -0.15) is 0 Å². The number of ether oxygens (including phenoxy) is 1. The topological polar surface area (TPSA) is 49.8 Å². The van der Waals surface area contributed by atoms with Gasteiger partial charge in [0.05, 0.1) is 19.1 Å². The second kappa shape index (κ2) is 6.94. The first kappa shape index (κ1) is 15.8. The third-order valence-electron chi connectivity index (χ3n) is 4.49. The number of aliphatic carboxylic acids is 1. The lowest BCUT2D eigenvalue weighted by molar-refractivity contribution is -0.140. The molecule has 1 aromatic carbocycles. The van der Waals surface area contributed by atoms with Gasteiger partial charge in [0.1, 0.15) is 5.75 Å². The molecule has 0 spiro atoms. The normalized spacial score (nSPS) is 19.5. The average Bonchev–Trinajstić information content (AvgIpc) is 2.76. The number of hydrogen-bond donors (Lipinski definition) is 1. The second-order valence-corrected chi connectivity index (χ2v) is 5.98. The number of carboxylic acid groups (broad SMARTS) is 1. The Morgan fingerprint density at radius 2 is 1.95 bits per heavy atom. The zero-order valence-corrected chi connectivity index (χ0v) is 13.0. The smallest absolute Gasteiger partial charge is 0.305 e. The Labute approximate surface area is 126 Å². The summed E-state index contributed by atoms with van der Waals surface area (Å²) in [5.41, 5.74) is 0.538. The van der Waals surface area contributed by atoms with Gasteiger partial charge < -0.3 is 9.84 Å². The van der Waals surface area contributed by atoms with E-state index in [0.29, 0.717) is 0 Å². The minimum atomic E-state index is -0.760. The number of carbonyl (C=O) groups is 1. The molecule has 0 amide bonds. The lowest BCUT2D eigenvalue weighted by Gasteiger charge is -2.40. The summed E-state index contributed by atoms with van der Waals surface area (Å²) in [5, 5.41) is 9.38. The monoisotopic (exact) mass is 291 g/mol. The molecule has 1 aromatic rings. The molecule has 2 rings (SSSR count). The van der Waals surface area contributed by atoms with Crippen LogP contribution < -0.4 is 4.74 Å². The van der Waals surface area contributed by atoms with E-state index in [2.05, 4.69) is 4.90 Å². The van der Waals surface area contributed by atoms with Crippen LogP contribution in [0.4, 0.5) is 0 Å². The molecule has 0 saturated carbocycles. The lowest BCUT2D eigenvalue weighted by Crippen LogP contribution is -2.46. The quantitative estimate of drug-likeness (QED) is 0.904. The highest BCUT2D eigenvalue weighted by molar-refractivity contribution is 5.69. The number of benzene rings is 1. The van der Waals surface area contributed by atoms with Crippen LogP contribution in [0.2, 0.25) is 0 Å². The molecule has 1 fully saturated rings. The van der Waals surface area contributed by atoms with Crippen LogP contribution in [0.5, 0.6) is 5.75 Å². The predicted molar refractivity (Wildman–Crippen MR) is 82.6 cm³/mol. The molecule has 1 aliphatic heterocycles. The molecule has 0 aliphatic carbocycles. The summed E-state index contributed by atoms with van der Waals surface area (Å²) < 4.78 is 5.30. The van der Waals surface area contributed by atoms with E-state index in [1.165, 1.54) is 12.8 Å². The van der Waals surface area contributed by atoms with E-state index in [-0.39, 0.29) is 6.42 Å². The van der Waals surface area contributed by atoms with Crippen molar-refractivity contribution in [2.45, 2.75) is 44.6 Å². The molecule has 1 saturated heterocycles. The van der Waals surface area contributed by atoms with E-state index in [9.17, 15) is 9.90 Å². The molecule has 4 nitrogen and oxygen atoms in total. The molecule has 1 aliphatic rings. The maximum absolute atomic E-state index is 11.4. The molecule has 1 heterocycles. The van der Waals surface area contributed by atoms with Crippen LogP contribution in [0.15, 0.2) is 24.3 Å². The van der Waals surface area contributed by atoms with Crippen LogP contribution in [-0.4, -0.2) is 36.2 Å². The Bertz CT molecular complexity index is 481. The molecule has 0 radical (unpaired) electrons. The van der Waals surface area contributed by atoms with E-state index in [1.54, 1.807) is 7.11 Å². The van der Waals surface area contributed by atoms with Gasteiger partial charge in [0, 0.05) is 0 Å². The van der Waals surface area contributed by atoms with Crippen molar-refractivity contribution >= 4 is 5.97 Å². The molecule has 0 bridgehead atoms. The van der Waals surface area contributed by atoms with Gasteiger partial charge in [0.15, 0.2) is 0 Å². The van der Waals surface area contributed by atoms with Gasteiger partial charge >= 0.3 is 5.97 Å². The Balaban J connectivity index is 2.36. The van der Waals surface area contributed by atoms with Crippen molar-refractivity contribution in [2.75, 3.05) is 20.2 Å². The Kier molecular flexibility index (Phi) is 5.23. The average molecular weight is 291 g/mol. The number of likely N-dealkylation sites (tertiary alicyclic amines) is 1. The molecule has 1 unspecified atom stereocenters. The zero-order chi connectivity index (χ0) is 15.3. The van der Waals surface area contributed by atoms with Gasteiger partial charge in [-0.25, -0.2) is 0 Å². The Morgan fingerprint density at radius 1 is 1.29 bits per heavy atom. The first-order chi connectivity index (χ1) is 10.1. The van der Waals surface area contributed by atoms with Gasteiger partial charge in [0.25, 0.3) is 0 Å². The van der Waals surface area contributed by atoms with Crippen LogP contribution in [-0.2, 0) is 10.3 Å². The van der Waals surface area contributed by atoms with Crippen molar-refractivity contribution in [1.82, 2.24) is 4.90 Å². The van der Waals surface area contributed by atoms with Crippen molar-refractivity contribution < 1.29 is 14.6 Å². The molecule has 116 valence electrons. The van der Waals surface area contributed by atoms with E-state index < -0.39 is 11.5 Å². The summed E-state index contributed by atoms with van der Waals surface area (Å²) in [7, 11) is 1.64. The standard InChI is InChI=1S/C17H25NO3/c1-17(13-16(19)20,18-10-5-3-4-6-11-18)14-8-7-9-15(12-14)21-2/h7-9,12H,3-6,10-11,13H2,1-2H3,(H,19,20). The molecule has 0 aromatic heterocycles. The third-order valence-corrected chi connectivity index (χ3v) is 4.49. The summed E-state index contributed by atoms with van der Waals surface area (Å²) in [4.78, 5) is 13.7. The van der Waals surface area contributed by atoms with Gasteiger partial charge in [-0.1, -0.05) is 25.0 Å². The molecule has 1 N–H and O–H groups in total. The summed E-state index contributed by atoms with van der Waals surface area (Å²) in [5.74, 6) is 0.0171. The number of nitrogens with zero attached hydrogens (tertiary/aromatic N) is 1. The highest BCUT2D eigenvalue weighted by Gasteiger charge is 2.36. The number of hydrogen-bond acceptors (Lipinski definition) is 3. The van der Waals surface area contributed by atoms with Crippen LogP contribution in [0, 0.1) is 0 Å². The van der Waals surface area contributed by atoms with E-state index in [4.69, 9.17) is 4.74 Å². The fourth-order valence-corrected chi connectivity index (χ4v) is 3.21. The van der Waals surface area contributed by atoms with E-state index >= 15 is 0 Å². The van der Waals surface area contributed by atoms with Gasteiger partial charge in [-0.15, -0.1) is 0 Å². The minimum Gasteiger partial charge on any atom is -0.497 e. The summed E-state index contributed by atoms with van der Waals surface area (Å²) >= 11 is 0. The van der Waals surface area contributed by atoms with Crippen LogP contribution in [0.25, 0.3) is 0 Å². The summed E-state index contributed by atoms with van der Waals surface area (Å²) in [6.07, 6.45) is 4.86. The Hall–Kier alpha value is -1.55. The predicted octanol–water partition coefficient (Wildman–Crippen LogP) is 3.26. The maximum Gasteiger partial charge on any atom is 0.305 e. The maximum atomic E-state index is 11.4. The summed E-state index contributed by atoms with van der Waals surface area (Å²) in [6, 6.07) is 7.81. The van der Waals surface area contributed by atoms with E-state index in [0.717, 1.165) is 37.2 Å². The first-order valence-electron chi connectivity index (χ1n) is 7.67. The molecule has 1 atom stereocenters. The summed E-state index contributed by atoms with van der Waals surface area (Å²) in [6.45, 7) is 3.96. The number of rotatable bonds is 5. The minimum absolute atomic E-state index is 0.111. The molecule has 21 heavy (non-hydrogen) atoms. The third kappa shape index (κ3) is 3.76. The van der Waals surface area contributed by atoms with Gasteiger partial charge in [-0.3, -0.25) is 9.69 Å². The number of methoxy groups -OCH3 is 1.